The Morgan fingerprint density at radius 2 is 1.83 bits per heavy atom. The minimum Gasteiger partial charge on any atom is -0.445 e. The van der Waals surface area contributed by atoms with E-state index in [0.29, 0.717) is 12.6 Å². The number of rotatable bonds is 6. The molecule has 8 heteroatoms. The SMILES string of the molecule is CC[C@](C)(OCc1ccccc1)Oc1nc(Cl)ncc1C(F)(F)F. The van der Waals surface area contributed by atoms with E-state index >= 15 is 0 Å². The maximum Gasteiger partial charge on any atom is 0.423 e. The Labute approximate surface area is 142 Å². The number of nitrogens with zero attached hydrogens (tertiary/aromatic N) is 2. The Morgan fingerprint density at radius 3 is 2.42 bits per heavy atom. The summed E-state index contributed by atoms with van der Waals surface area (Å²) >= 11 is 5.60. The predicted octanol–water partition coefficient (Wildman–Crippen LogP) is 4.87. The van der Waals surface area contributed by atoms with Crippen molar-refractivity contribution in [2.45, 2.75) is 38.8 Å². The molecule has 0 aliphatic carbocycles. The first-order chi connectivity index (χ1) is 11.2. The van der Waals surface area contributed by atoms with Crippen molar-refractivity contribution in [1.82, 2.24) is 9.97 Å². The molecule has 1 atom stereocenters. The molecule has 1 heterocycles. The highest BCUT2D eigenvalue weighted by Gasteiger charge is 2.38. The molecule has 0 saturated heterocycles. The molecular weight excluding hydrogens is 345 g/mol. The van der Waals surface area contributed by atoms with Crippen LogP contribution in [0.25, 0.3) is 0 Å². The van der Waals surface area contributed by atoms with Crippen molar-refractivity contribution in [2.75, 3.05) is 0 Å². The van der Waals surface area contributed by atoms with Gasteiger partial charge in [0.15, 0.2) is 0 Å². The minimum absolute atomic E-state index is 0.186. The quantitative estimate of drug-likeness (QED) is 0.544. The Morgan fingerprint density at radius 1 is 1.17 bits per heavy atom. The van der Waals surface area contributed by atoms with Crippen LogP contribution < -0.4 is 4.74 Å². The van der Waals surface area contributed by atoms with Gasteiger partial charge in [-0.25, -0.2) is 4.98 Å². The number of ether oxygens (including phenoxy) is 2. The lowest BCUT2D eigenvalue weighted by atomic mass is 10.2. The van der Waals surface area contributed by atoms with E-state index in [1.807, 2.05) is 30.3 Å². The molecule has 0 fully saturated rings. The summed E-state index contributed by atoms with van der Waals surface area (Å²) in [7, 11) is 0. The van der Waals surface area contributed by atoms with Crippen LogP contribution in [0.1, 0.15) is 31.4 Å². The van der Waals surface area contributed by atoms with Gasteiger partial charge in [0.25, 0.3) is 0 Å². The molecule has 1 aromatic carbocycles. The topological polar surface area (TPSA) is 44.2 Å². The fourth-order valence-electron chi connectivity index (χ4n) is 1.84. The first-order valence-electron chi connectivity index (χ1n) is 7.20. The summed E-state index contributed by atoms with van der Waals surface area (Å²) in [5, 5.41) is -0.334. The minimum atomic E-state index is -4.66. The monoisotopic (exact) mass is 360 g/mol. The number of alkyl halides is 3. The third kappa shape index (κ3) is 4.82. The van der Waals surface area contributed by atoms with Gasteiger partial charge in [-0.1, -0.05) is 37.3 Å². The molecule has 24 heavy (non-hydrogen) atoms. The van der Waals surface area contributed by atoms with Gasteiger partial charge in [-0.15, -0.1) is 0 Å². The van der Waals surface area contributed by atoms with E-state index < -0.39 is 23.4 Å². The zero-order chi connectivity index (χ0) is 17.8. The largest absolute Gasteiger partial charge is 0.445 e. The first kappa shape index (κ1) is 18.5. The zero-order valence-electron chi connectivity index (χ0n) is 13.1. The van der Waals surface area contributed by atoms with E-state index in [4.69, 9.17) is 21.1 Å². The average Bonchev–Trinajstić information content (AvgIpc) is 2.53. The second-order valence-electron chi connectivity index (χ2n) is 5.22. The summed E-state index contributed by atoms with van der Waals surface area (Å²) in [6.45, 7) is 3.47. The van der Waals surface area contributed by atoms with Gasteiger partial charge in [-0.2, -0.15) is 18.2 Å². The van der Waals surface area contributed by atoms with Crippen LogP contribution in [-0.2, 0) is 17.5 Å². The summed E-state index contributed by atoms with van der Waals surface area (Å²) in [4.78, 5) is 6.93. The average molecular weight is 361 g/mol. The first-order valence-corrected chi connectivity index (χ1v) is 7.58. The van der Waals surface area contributed by atoms with Crippen LogP contribution in [0.4, 0.5) is 13.2 Å². The van der Waals surface area contributed by atoms with E-state index in [-0.39, 0.29) is 11.9 Å². The Balaban J connectivity index is 2.21. The second-order valence-corrected chi connectivity index (χ2v) is 5.56. The van der Waals surface area contributed by atoms with Crippen LogP contribution in [0.5, 0.6) is 5.88 Å². The van der Waals surface area contributed by atoms with Crippen molar-refractivity contribution in [3.05, 3.63) is 52.9 Å². The van der Waals surface area contributed by atoms with Gasteiger partial charge in [0, 0.05) is 19.5 Å². The van der Waals surface area contributed by atoms with Gasteiger partial charge >= 0.3 is 6.18 Å². The van der Waals surface area contributed by atoms with Gasteiger partial charge < -0.3 is 9.47 Å². The van der Waals surface area contributed by atoms with E-state index in [0.717, 1.165) is 5.56 Å². The van der Waals surface area contributed by atoms with Crippen LogP contribution >= 0.6 is 11.6 Å². The predicted molar refractivity (Wildman–Crippen MR) is 82.6 cm³/mol. The molecule has 0 N–H and O–H groups in total. The van der Waals surface area contributed by atoms with Crippen molar-refractivity contribution in [3.8, 4) is 5.88 Å². The fraction of sp³-hybridized carbons (Fsp3) is 0.375. The third-order valence-electron chi connectivity index (χ3n) is 3.37. The van der Waals surface area contributed by atoms with Gasteiger partial charge in [-0.3, -0.25) is 0 Å². The number of hydrogen-bond acceptors (Lipinski definition) is 4. The molecule has 130 valence electrons. The van der Waals surface area contributed by atoms with Crippen LogP contribution in [0, 0.1) is 0 Å². The van der Waals surface area contributed by atoms with Crippen LogP contribution in [0.3, 0.4) is 0 Å². The number of halogens is 4. The molecule has 0 radical (unpaired) electrons. The molecule has 1 aromatic heterocycles. The molecule has 2 aromatic rings. The highest BCUT2D eigenvalue weighted by Crippen LogP contribution is 2.37. The lowest BCUT2D eigenvalue weighted by Gasteiger charge is -2.30. The summed E-state index contributed by atoms with van der Waals surface area (Å²) in [5.41, 5.74) is -0.229. The van der Waals surface area contributed by atoms with Gasteiger partial charge in [0.05, 0.1) is 6.61 Å². The van der Waals surface area contributed by atoms with Crippen LogP contribution in [0.15, 0.2) is 36.5 Å². The molecule has 0 amide bonds. The lowest BCUT2D eigenvalue weighted by Crippen LogP contribution is -2.36. The fourth-order valence-corrected chi connectivity index (χ4v) is 1.96. The highest BCUT2D eigenvalue weighted by molar-refractivity contribution is 6.28. The van der Waals surface area contributed by atoms with Crippen molar-refractivity contribution in [1.29, 1.82) is 0 Å². The number of benzene rings is 1. The third-order valence-corrected chi connectivity index (χ3v) is 3.55. The Hall–Kier alpha value is -1.86. The zero-order valence-corrected chi connectivity index (χ0v) is 13.9. The number of aromatic nitrogens is 2. The Kier molecular flexibility index (Phi) is 5.66. The highest BCUT2D eigenvalue weighted by atomic mass is 35.5. The molecule has 2 rings (SSSR count). The lowest BCUT2D eigenvalue weighted by molar-refractivity contribution is -0.187. The summed E-state index contributed by atoms with van der Waals surface area (Å²) in [5.74, 6) is -1.95. The normalized spacial score (nSPS) is 14.2. The van der Waals surface area contributed by atoms with Crippen LogP contribution in [0.2, 0.25) is 5.28 Å². The van der Waals surface area contributed by atoms with Gasteiger partial charge in [-0.05, 0) is 17.2 Å². The standard InChI is InChI=1S/C16H16ClF3N2O2/c1-3-15(2,23-10-11-7-5-4-6-8-11)24-13-12(16(18,19)20)9-21-14(17)22-13/h4-9H,3,10H2,1-2H3/t15-/m1/s1. The van der Waals surface area contributed by atoms with E-state index in [2.05, 4.69) is 9.97 Å². The maximum absolute atomic E-state index is 13.1. The van der Waals surface area contributed by atoms with Gasteiger partial charge in [0.2, 0.25) is 17.0 Å². The summed E-state index contributed by atoms with van der Waals surface area (Å²) in [6.07, 6.45) is -3.76. The summed E-state index contributed by atoms with van der Waals surface area (Å²) in [6, 6.07) is 9.23. The summed E-state index contributed by atoms with van der Waals surface area (Å²) < 4.78 is 50.3. The smallest absolute Gasteiger partial charge is 0.423 e. The van der Waals surface area contributed by atoms with Crippen LogP contribution in [-0.4, -0.2) is 15.8 Å². The van der Waals surface area contributed by atoms with E-state index in [1.165, 1.54) is 0 Å². The molecule has 0 aliphatic heterocycles. The molecule has 0 bridgehead atoms. The van der Waals surface area contributed by atoms with Crippen molar-refractivity contribution in [3.63, 3.8) is 0 Å². The van der Waals surface area contributed by atoms with E-state index in [1.54, 1.807) is 13.8 Å². The van der Waals surface area contributed by atoms with Crippen molar-refractivity contribution < 1.29 is 22.6 Å². The molecular formula is C16H16ClF3N2O2. The molecule has 0 spiro atoms. The molecule has 0 unspecified atom stereocenters. The van der Waals surface area contributed by atoms with E-state index in [9.17, 15) is 13.2 Å². The van der Waals surface area contributed by atoms with Crippen molar-refractivity contribution in [2.24, 2.45) is 0 Å². The number of hydrogen-bond donors (Lipinski definition) is 0. The maximum atomic E-state index is 13.1. The Bertz CT molecular complexity index is 683. The van der Waals surface area contributed by atoms with Crippen molar-refractivity contribution >= 4 is 11.6 Å². The molecule has 0 saturated carbocycles. The van der Waals surface area contributed by atoms with Gasteiger partial charge in [0.1, 0.15) is 5.56 Å². The molecule has 4 nitrogen and oxygen atoms in total. The second kappa shape index (κ2) is 7.36. The molecule has 0 aliphatic rings.